The molecule has 0 bridgehead atoms. The predicted octanol–water partition coefficient (Wildman–Crippen LogP) is 10.3. The molecule has 3 aromatic carbocycles. The van der Waals surface area contributed by atoms with Crippen LogP contribution in [-0.4, -0.2) is 28.2 Å². The molecule has 0 unspecified atom stereocenters. The Bertz CT molecular complexity index is 2100. The molecule has 0 amide bonds. The van der Waals surface area contributed by atoms with E-state index in [0.717, 1.165) is 56.0 Å². The Hall–Kier alpha value is -3.90. The second kappa shape index (κ2) is 15.1. The maximum atomic E-state index is 6.02. The average molecular weight is 867 g/mol. The first kappa shape index (κ1) is 34.0. The van der Waals surface area contributed by atoms with Crippen molar-refractivity contribution in [3.05, 3.63) is 133 Å². The normalized spacial score (nSPS) is 13.2. The summed E-state index contributed by atoms with van der Waals surface area (Å²) < 4.78 is 7.61. The van der Waals surface area contributed by atoms with E-state index >= 15 is 0 Å². The van der Waals surface area contributed by atoms with Crippen LogP contribution >= 0.6 is 0 Å². The summed E-state index contributed by atoms with van der Waals surface area (Å²) >= 11 is -1.87. The summed E-state index contributed by atoms with van der Waals surface area (Å²) in [4.78, 5) is 13.9. The van der Waals surface area contributed by atoms with Gasteiger partial charge in [0, 0.05) is 37.3 Å². The molecule has 6 heteroatoms. The molecule has 4 nitrogen and oxygen atoms in total. The summed E-state index contributed by atoms with van der Waals surface area (Å²) in [5, 5.41) is 1.98. The third-order valence-electron chi connectivity index (χ3n) is 9.05. The van der Waals surface area contributed by atoms with Crippen LogP contribution in [-0.2, 0) is 26.5 Å². The number of hydrogen-bond acceptors (Lipinski definition) is 4. The topological polar surface area (TPSA) is 51.8 Å². The Kier molecular flexibility index (Phi) is 10.7. The molecule has 1 radical (unpaired) electrons. The molecule has 0 saturated heterocycles. The van der Waals surface area contributed by atoms with Gasteiger partial charge in [0.15, 0.2) is 0 Å². The van der Waals surface area contributed by atoms with Gasteiger partial charge in [0.25, 0.3) is 0 Å². The zero-order valence-corrected chi connectivity index (χ0v) is 32.2. The molecular formula is C42H39GeIrN3O-2. The van der Waals surface area contributed by atoms with Crippen molar-refractivity contribution in [2.45, 2.75) is 49.4 Å². The van der Waals surface area contributed by atoms with E-state index in [1.165, 1.54) is 32.1 Å². The molecule has 1 aliphatic carbocycles. The van der Waals surface area contributed by atoms with Gasteiger partial charge in [0.2, 0.25) is 5.71 Å². The van der Waals surface area contributed by atoms with Gasteiger partial charge in [0.05, 0.1) is 11.3 Å². The Morgan fingerprint density at radius 1 is 0.771 bits per heavy atom. The van der Waals surface area contributed by atoms with Crippen molar-refractivity contribution in [3.63, 3.8) is 0 Å². The number of fused-ring (bicyclic) bond motifs is 3. The van der Waals surface area contributed by atoms with E-state index in [9.17, 15) is 0 Å². The number of benzene rings is 3. The predicted molar refractivity (Wildman–Crippen MR) is 196 cm³/mol. The van der Waals surface area contributed by atoms with Crippen LogP contribution in [0.15, 0.2) is 120 Å². The van der Waals surface area contributed by atoms with Gasteiger partial charge in [-0.25, -0.2) is 4.98 Å². The van der Waals surface area contributed by atoms with Crippen LogP contribution < -0.4 is 4.40 Å². The van der Waals surface area contributed by atoms with Crippen molar-refractivity contribution < 1.29 is 24.5 Å². The smallest absolute Gasteiger partial charge is 0.216 e. The van der Waals surface area contributed by atoms with E-state index in [4.69, 9.17) is 14.4 Å². The van der Waals surface area contributed by atoms with Crippen molar-refractivity contribution in [1.29, 1.82) is 0 Å². The van der Waals surface area contributed by atoms with Gasteiger partial charge in [0.1, 0.15) is 0 Å². The number of aromatic nitrogens is 3. The fraction of sp³-hybridized carbons (Fsp3) is 0.214. The minimum Gasteiger partial charge on any atom is -0.458 e. The third-order valence-corrected chi connectivity index (χ3v) is 13.4. The second-order valence-corrected chi connectivity index (χ2v) is 24.0. The molecule has 0 N–H and O–H groups in total. The summed E-state index contributed by atoms with van der Waals surface area (Å²) in [7, 11) is 0. The van der Waals surface area contributed by atoms with E-state index in [0.29, 0.717) is 5.71 Å². The van der Waals surface area contributed by atoms with Crippen LogP contribution in [0.25, 0.3) is 55.8 Å². The molecule has 1 fully saturated rings. The van der Waals surface area contributed by atoms with Crippen molar-refractivity contribution in [1.82, 2.24) is 15.0 Å². The maximum Gasteiger partial charge on any atom is 0.216 e. The Balaban J connectivity index is 0.000000165. The molecule has 0 spiro atoms. The molecule has 243 valence electrons. The molecule has 4 heterocycles. The molecular weight excluding hydrogens is 827 g/mol. The summed E-state index contributed by atoms with van der Waals surface area (Å²) in [5.74, 6) is 8.31. The largest absolute Gasteiger partial charge is 0.458 e. The van der Waals surface area contributed by atoms with E-state index in [1.54, 1.807) is 16.2 Å². The number of hydrogen-bond donors (Lipinski definition) is 0. The van der Waals surface area contributed by atoms with Gasteiger partial charge in [-0.05, 0) is 17.8 Å². The zero-order chi connectivity index (χ0) is 32.2. The monoisotopic (exact) mass is 868 g/mol. The summed E-state index contributed by atoms with van der Waals surface area (Å²) in [6.07, 6.45) is 10.9. The quantitative estimate of drug-likeness (QED) is 0.123. The fourth-order valence-electron chi connectivity index (χ4n) is 6.69. The molecule has 4 aromatic heterocycles. The fourth-order valence-corrected chi connectivity index (χ4v) is 10.0. The van der Waals surface area contributed by atoms with E-state index < -0.39 is 13.3 Å². The van der Waals surface area contributed by atoms with Crippen LogP contribution in [0.1, 0.15) is 31.2 Å². The number of furan rings is 1. The van der Waals surface area contributed by atoms with Crippen LogP contribution in [0, 0.1) is 18.1 Å². The molecule has 8 rings (SSSR count). The van der Waals surface area contributed by atoms with Crippen molar-refractivity contribution in [3.8, 4) is 33.8 Å². The van der Waals surface area contributed by atoms with Crippen molar-refractivity contribution in [2.75, 3.05) is 0 Å². The van der Waals surface area contributed by atoms with E-state index in [-0.39, 0.29) is 20.1 Å². The number of pyridine rings is 3. The molecule has 0 atom stereocenters. The van der Waals surface area contributed by atoms with Crippen LogP contribution in [0.3, 0.4) is 0 Å². The summed E-state index contributed by atoms with van der Waals surface area (Å²) in [6, 6.07) is 41.0. The first-order valence-electron chi connectivity index (χ1n) is 16.6. The maximum absolute atomic E-state index is 6.02. The van der Waals surface area contributed by atoms with Gasteiger partial charge in [-0.3, -0.25) is 0 Å². The standard InChI is InChI=1S/C22H13N2O.C20H26GeN.Ir/c1-2-7-15(8-3-1)18-13-12-17-21-16(19-10-4-5-14-23-19)9-6-11-20(21)25-22(17)24-18;1-21(2,3)19-15-22-20(17-11-5-4-6-12-17)14-18(19)13-16-9-7-8-10-16;/h1-8,10-14H;4-6,11,14-16H,7-10,13H2,1-3H3;/q2*-1;. The molecule has 1 aliphatic rings. The first-order chi connectivity index (χ1) is 22.9. The van der Waals surface area contributed by atoms with Crippen LogP contribution in [0.5, 0.6) is 0 Å². The van der Waals surface area contributed by atoms with Crippen molar-refractivity contribution in [2.24, 2.45) is 5.92 Å². The van der Waals surface area contributed by atoms with Gasteiger partial charge in [-0.2, -0.15) is 0 Å². The van der Waals surface area contributed by atoms with Crippen LogP contribution in [0.4, 0.5) is 0 Å². The number of nitrogens with zero attached hydrogens (tertiary/aromatic N) is 3. The van der Waals surface area contributed by atoms with E-state index in [1.807, 2.05) is 78.9 Å². The van der Waals surface area contributed by atoms with Crippen LogP contribution in [0.2, 0.25) is 17.3 Å². The Morgan fingerprint density at radius 3 is 2.29 bits per heavy atom. The van der Waals surface area contributed by atoms with Crippen molar-refractivity contribution >= 4 is 39.7 Å². The van der Waals surface area contributed by atoms with Gasteiger partial charge in [-0.15, -0.1) is 17.7 Å². The molecule has 48 heavy (non-hydrogen) atoms. The SMILES string of the molecule is [CH3][Ge]([CH3])([CH3])[c]1cnc(-c2[c-]cccc2)cc1CC1CCCC1.[Ir].[c-]1ccc2oc3nc(-c4ccccc4)ccc3c2c1-c1ccccn1. The summed E-state index contributed by atoms with van der Waals surface area (Å²) in [5.41, 5.74) is 8.99. The minimum atomic E-state index is -1.87. The minimum absolute atomic E-state index is 0. The third kappa shape index (κ3) is 7.54. The van der Waals surface area contributed by atoms with E-state index in [2.05, 4.69) is 64.8 Å². The Morgan fingerprint density at radius 2 is 1.56 bits per heavy atom. The Labute approximate surface area is 299 Å². The molecule has 1 saturated carbocycles. The second-order valence-electron chi connectivity index (χ2n) is 13.4. The molecule has 7 aromatic rings. The van der Waals surface area contributed by atoms with Gasteiger partial charge >= 0.3 is 137 Å². The average Bonchev–Trinajstić information content (AvgIpc) is 3.76. The zero-order valence-electron chi connectivity index (χ0n) is 27.7. The molecule has 0 aliphatic heterocycles. The van der Waals surface area contributed by atoms with Gasteiger partial charge in [-0.1, -0.05) is 60.0 Å². The van der Waals surface area contributed by atoms with Gasteiger partial charge < -0.3 is 9.40 Å². The number of rotatable bonds is 6. The summed E-state index contributed by atoms with van der Waals surface area (Å²) in [6.45, 7) is 0. The first-order valence-corrected chi connectivity index (χ1v) is 24.0.